The molecule has 2 aromatic carbocycles. The molecule has 94 valence electrons. The van der Waals surface area contributed by atoms with Crippen LogP contribution in [0.4, 0.5) is 0 Å². The zero-order valence-electron chi connectivity index (χ0n) is 10.3. The quantitative estimate of drug-likeness (QED) is 0.655. The van der Waals surface area contributed by atoms with Crippen molar-refractivity contribution in [3.05, 3.63) is 48.0 Å². The molecule has 0 amide bonds. The lowest BCUT2D eigenvalue weighted by molar-refractivity contribution is 0.521. The van der Waals surface area contributed by atoms with Gasteiger partial charge in [0.2, 0.25) is 0 Å². The van der Waals surface area contributed by atoms with Gasteiger partial charge in [-0.25, -0.2) is 0 Å². The Bertz CT molecular complexity index is 535. The summed E-state index contributed by atoms with van der Waals surface area (Å²) >= 11 is 2.03. The van der Waals surface area contributed by atoms with Gasteiger partial charge in [-0.15, -0.1) is 0 Å². The van der Waals surface area contributed by atoms with E-state index in [9.17, 15) is 0 Å². The first kappa shape index (κ1) is 12.0. The minimum Gasteiger partial charge on any atom is -0.271 e. The number of hydrogen-bond acceptors (Lipinski definition) is 3. The Hall–Kier alpha value is -1.03. The average Bonchev–Trinajstić information content (AvgIpc) is 2.93. The standard InChI is InChI=1S/C15H18N2S/c16-17-15(14-6-3-9-18-14)13-8-7-11-4-1-2-5-12(11)10-13/h1-2,4-5,7-8,10,14-15,17H,3,6,9,16H2. The van der Waals surface area contributed by atoms with Crippen LogP contribution in [0.25, 0.3) is 10.8 Å². The summed E-state index contributed by atoms with van der Waals surface area (Å²) in [5, 5.41) is 3.19. The first-order valence-corrected chi connectivity index (χ1v) is 7.50. The Balaban J connectivity index is 1.96. The molecule has 0 aliphatic carbocycles. The lowest BCUT2D eigenvalue weighted by Gasteiger charge is -2.22. The minimum absolute atomic E-state index is 0.266. The molecule has 3 rings (SSSR count). The van der Waals surface area contributed by atoms with Crippen LogP contribution in [0.3, 0.4) is 0 Å². The van der Waals surface area contributed by atoms with Gasteiger partial charge in [-0.3, -0.25) is 11.3 Å². The molecule has 0 saturated carbocycles. The van der Waals surface area contributed by atoms with E-state index in [-0.39, 0.29) is 6.04 Å². The minimum atomic E-state index is 0.266. The Morgan fingerprint density at radius 2 is 2.00 bits per heavy atom. The van der Waals surface area contributed by atoms with Gasteiger partial charge < -0.3 is 0 Å². The highest BCUT2D eigenvalue weighted by Gasteiger charge is 2.26. The smallest absolute Gasteiger partial charge is 0.0578 e. The summed E-state index contributed by atoms with van der Waals surface area (Å²) < 4.78 is 0. The molecule has 2 aromatic rings. The summed E-state index contributed by atoms with van der Waals surface area (Å²) in [5.74, 6) is 7.03. The summed E-state index contributed by atoms with van der Waals surface area (Å²) in [5.41, 5.74) is 4.31. The van der Waals surface area contributed by atoms with Crippen LogP contribution in [0.15, 0.2) is 42.5 Å². The first-order chi connectivity index (χ1) is 8.88. The monoisotopic (exact) mass is 258 g/mol. The van der Waals surface area contributed by atoms with Crippen molar-refractivity contribution >= 4 is 22.5 Å². The molecule has 2 atom stereocenters. The molecular weight excluding hydrogens is 240 g/mol. The molecule has 1 heterocycles. The SMILES string of the molecule is NNC(c1ccc2ccccc2c1)C1CCCS1. The van der Waals surface area contributed by atoms with E-state index in [1.807, 2.05) is 11.8 Å². The van der Waals surface area contributed by atoms with Gasteiger partial charge in [0.15, 0.2) is 0 Å². The molecule has 2 nitrogen and oxygen atoms in total. The van der Waals surface area contributed by atoms with Crippen LogP contribution in [-0.4, -0.2) is 11.0 Å². The second-order valence-electron chi connectivity index (χ2n) is 4.80. The van der Waals surface area contributed by atoms with Crippen LogP contribution < -0.4 is 11.3 Å². The van der Waals surface area contributed by atoms with Crippen LogP contribution in [-0.2, 0) is 0 Å². The third-order valence-corrected chi connectivity index (χ3v) is 5.11. The van der Waals surface area contributed by atoms with E-state index in [0.29, 0.717) is 5.25 Å². The van der Waals surface area contributed by atoms with Crippen LogP contribution >= 0.6 is 11.8 Å². The van der Waals surface area contributed by atoms with E-state index in [4.69, 9.17) is 5.84 Å². The molecule has 18 heavy (non-hydrogen) atoms. The van der Waals surface area contributed by atoms with Crippen molar-refractivity contribution in [2.75, 3.05) is 5.75 Å². The highest BCUT2D eigenvalue weighted by Crippen LogP contribution is 2.36. The Morgan fingerprint density at radius 1 is 1.17 bits per heavy atom. The maximum absolute atomic E-state index is 5.77. The molecule has 0 aromatic heterocycles. The fourth-order valence-electron chi connectivity index (χ4n) is 2.68. The largest absolute Gasteiger partial charge is 0.271 e. The molecule has 1 aliphatic rings. The predicted octanol–water partition coefficient (Wildman–Crippen LogP) is 3.24. The van der Waals surface area contributed by atoms with E-state index in [2.05, 4.69) is 47.9 Å². The average molecular weight is 258 g/mol. The molecule has 0 radical (unpaired) electrons. The maximum Gasteiger partial charge on any atom is 0.0578 e. The van der Waals surface area contributed by atoms with Gasteiger partial charge in [-0.1, -0.05) is 36.4 Å². The van der Waals surface area contributed by atoms with Crippen molar-refractivity contribution < 1.29 is 0 Å². The van der Waals surface area contributed by atoms with E-state index < -0.39 is 0 Å². The number of benzene rings is 2. The van der Waals surface area contributed by atoms with Gasteiger partial charge in [0, 0.05) is 5.25 Å². The summed E-state index contributed by atoms with van der Waals surface area (Å²) in [4.78, 5) is 0. The van der Waals surface area contributed by atoms with Gasteiger partial charge in [-0.2, -0.15) is 11.8 Å². The third-order valence-electron chi connectivity index (χ3n) is 3.65. The zero-order chi connectivity index (χ0) is 12.4. The van der Waals surface area contributed by atoms with E-state index in [1.54, 1.807) is 0 Å². The molecule has 3 heteroatoms. The fourth-order valence-corrected chi connectivity index (χ4v) is 4.08. The van der Waals surface area contributed by atoms with Gasteiger partial charge in [-0.05, 0) is 41.0 Å². The summed E-state index contributed by atoms with van der Waals surface area (Å²) in [6.45, 7) is 0. The van der Waals surface area contributed by atoms with E-state index in [0.717, 1.165) is 0 Å². The third kappa shape index (κ3) is 2.26. The lowest BCUT2D eigenvalue weighted by atomic mass is 9.98. The zero-order valence-corrected chi connectivity index (χ0v) is 11.1. The molecule has 3 N–H and O–H groups in total. The Kier molecular flexibility index (Phi) is 3.55. The van der Waals surface area contributed by atoms with Crippen molar-refractivity contribution in [3.8, 4) is 0 Å². The number of thioether (sulfide) groups is 1. The Morgan fingerprint density at radius 3 is 2.72 bits per heavy atom. The van der Waals surface area contributed by atoms with Crippen molar-refractivity contribution in [1.82, 2.24) is 5.43 Å². The second kappa shape index (κ2) is 5.31. The summed E-state index contributed by atoms with van der Waals surface area (Å²) in [6, 6.07) is 15.4. The summed E-state index contributed by atoms with van der Waals surface area (Å²) in [7, 11) is 0. The van der Waals surface area contributed by atoms with Crippen LogP contribution in [0.5, 0.6) is 0 Å². The molecule has 0 bridgehead atoms. The molecule has 1 fully saturated rings. The molecule has 2 unspecified atom stereocenters. The molecular formula is C15H18N2S. The maximum atomic E-state index is 5.77. The van der Waals surface area contributed by atoms with Crippen LogP contribution in [0, 0.1) is 0 Å². The molecule has 0 spiro atoms. The van der Waals surface area contributed by atoms with Crippen molar-refractivity contribution in [2.24, 2.45) is 5.84 Å². The number of hydrazine groups is 1. The molecule has 1 saturated heterocycles. The number of fused-ring (bicyclic) bond motifs is 1. The number of rotatable bonds is 3. The van der Waals surface area contributed by atoms with Gasteiger partial charge in [0.25, 0.3) is 0 Å². The van der Waals surface area contributed by atoms with Gasteiger partial charge in [0.1, 0.15) is 0 Å². The Labute approximate surface area is 112 Å². The highest BCUT2D eigenvalue weighted by atomic mass is 32.2. The van der Waals surface area contributed by atoms with Crippen LogP contribution in [0.2, 0.25) is 0 Å². The van der Waals surface area contributed by atoms with Crippen molar-refractivity contribution in [3.63, 3.8) is 0 Å². The van der Waals surface area contributed by atoms with Crippen molar-refractivity contribution in [2.45, 2.75) is 24.1 Å². The normalized spacial score (nSPS) is 21.3. The van der Waals surface area contributed by atoms with Gasteiger partial charge >= 0.3 is 0 Å². The van der Waals surface area contributed by atoms with Crippen molar-refractivity contribution in [1.29, 1.82) is 0 Å². The fraction of sp³-hybridized carbons (Fsp3) is 0.333. The van der Waals surface area contributed by atoms with Crippen LogP contribution in [0.1, 0.15) is 24.4 Å². The number of nitrogens with one attached hydrogen (secondary N) is 1. The van der Waals surface area contributed by atoms with E-state index >= 15 is 0 Å². The molecule has 1 aliphatic heterocycles. The number of hydrogen-bond donors (Lipinski definition) is 2. The van der Waals surface area contributed by atoms with E-state index in [1.165, 1.54) is 34.9 Å². The highest BCUT2D eigenvalue weighted by molar-refractivity contribution is 8.00. The first-order valence-electron chi connectivity index (χ1n) is 6.45. The second-order valence-corrected chi connectivity index (χ2v) is 6.15. The summed E-state index contributed by atoms with van der Waals surface area (Å²) in [6.07, 6.45) is 2.56. The lowest BCUT2D eigenvalue weighted by Crippen LogP contribution is -2.34. The van der Waals surface area contributed by atoms with Gasteiger partial charge in [0.05, 0.1) is 6.04 Å². The topological polar surface area (TPSA) is 38.0 Å². The predicted molar refractivity (Wildman–Crippen MR) is 79.5 cm³/mol. The number of nitrogens with two attached hydrogens (primary N) is 1.